The van der Waals surface area contributed by atoms with Crippen LogP contribution in [-0.2, 0) is 6.54 Å². The maximum Gasteiger partial charge on any atom is 0.175 e. The van der Waals surface area contributed by atoms with E-state index in [2.05, 4.69) is 47.2 Å². The van der Waals surface area contributed by atoms with Crippen molar-refractivity contribution in [3.8, 4) is 11.5 Å². The lowest BCUT2D eigenvalue weighted by Crippen LogP contribution is -2.14. The first-order valence-corrected chi connectivity index (χ1v) is 8.80. The minimum atomic E-state index is 0.642. The third kappa shape index (κ3) is 6.70. The molecule has 0 aliphatic heterocycles. The Morgan fingerprint density at radius 1 is 1.05 bits per heavy atom. The molecule has 0 radical (unpaired) electrons. The molecule has 21 heavy (non-hydrogen) atoms. The molecule has 0 fully saturated rings. The average Bonchev–Trinajstić information content (AvgIpc) is 2.46. The van der Waals surface area contributed by atoms with Gasteiger partial charge in [-0.1, -0.05) is 26.7 Å². The second kappa shape index (κ2) is 10.9. The van der Waals surface area contributed by atoms with Gasteiger partial charge in [-0.25, -0.2) is 0 Å². The molecular weight excluding hydrogens is 330 g/mol. The molecule has 0 aliphatic rings. The first-order chi connectivity index (χ1) is 10.2. The Kier molecular flexibility index (Phi) is 9.51. The van der Waals surface area contributed by atoms with E-state index in [-0.39, 0.29) is 0 Å². The fourth-order valence-electron chi connectivity index (χ4n) is 2.06. The molecule has 1 N–H and O–H groups in total. The van der Waals surface area contributed by atoms with Crippen LogP contribution in [0.3, 0.4) is 0 Å². The number of benzene rings is 1. The molecule has 120 valence electrons. The summed E-state index contributed by atoms with van der Waals surface area (Å²) in [6, 6.07) is 4.19. The summed E-state index contributed by atoms with van der Waals surface area (Å²) in [6.07, 6.45) is 4.61. The molecule has 0 saturated heterocycles. The first-order valence-electron chi connectivity index (χ1n) is 8.01. The zero-order valence-corrected chi connectivity index (χ0v) is 15.1. The molecule has 0 amide bonds. The number of unbranched alkanes of at least 4 members (excludes halogenated alkanes) is 2. The molecule has 0 spiro atoms. The Morgan fingerprint density at radius 3 is 2.52 bits per heavy atom. The van der Waals surface area contributed by atoms with E-state index >= 15 is 0 Å². The predicted molar refractivity (Wildman–Crippen MR) is 92.3 cm³/mol. The SMILES string of the molecule is CCCCCOc1c(Br)cc(CNCCC)cc1OCC. The van der Waals surface area contributed by atoms with E-state index in [1.165, 1.54) is 18.4 Å². The summed E-state index contributed by atoms with van der Waals surface area (Å²) in [5, 5.41) is 3.41. The van der Waals surface area contributed by atoms with Crippen LogP contribution in [0.5, 0.6) is 11.5 Å². The molecule has 0 aliphatic carbocycles. The Morgan fingerprint density at radius 2 is 1.86 bits per heavy atom. The molecule has 3 nitrogen and oxygen atoms in total. The van der Waals surface area contributed by atoms with Gasteiger partial charge in [0.25, 0.3) is 0 Å². The van der Waals surface area contributed by atoms with Crippen LogP contribution in [0.2, 0.25) is 0 Å². The van der Waals surface area contributed by atoms with Gasteiger partial charge in [-0.2, -0.15) is 0 Å². The van der Waals surface area contributed by atoms with Crippen molar-refractivity contribution >= 4 is 15.9 Å². The van der Waals surface area contributed by atoms with Gasteiger partial charge in [0.2, 0.25) is 0 Å². The van der Waals surface area contributed by atoms with Crippen LogP contribution < -0.4 is 14.8 Å². The van der Waals surface area contributed by atoms with E-state index in [4.69, 9.17) is 9.47 Å². The lowest BCUT2D eigenvalue weighted by molar-refractivity contribution is 0.269. The van der Waals surface area contributed by atoms with Gasteiger partial charge in [0.05, 0.1) is 17.7 Å². The number of rotatable bonds is 11. The zero-order chi connectivity index (χ0) is 15.5. The summed E-state index contributed by atoms with van der Waals surface area (Å²) < 4.78 is 12.6. The number of nitrogens with one attached hydrogen (secondary N) is 1. The Hall–Kier alpha value is -0.740. The largest absolute Gasteiger partial charge is 0.490 e. The topological polar surface area (TPSA) is 30.5 Å². The quantitative estimate of drug-likeness (QED) is 0.570. The number of hydrogen-bond acceptors (Lipinski definition) is 3. The highest BCUT2D eigenvalue weighted by Gasteiger charge is 2.12. The second-order valence-electron chi connectivity index (χ2n) is 5.07. The number of halogens is 1. The van der Waals surface area contributed by atoms with Gasteiger partial charge in [0.1, 0.15) is 0 Å². The highest BCUT2D eigenvalue weighted by Crippen LogP contribution is 2.37. The van der Waals surface area contributed by atoms with Crippen LogP contribution >= 0.6 is 15.9 Å². The molecule has 1 aromatic rings. The molecule has 0 saturated carbocycles. The van der Waals surface area contributed by atoms with Crippen molar-refractivity contribution in [1.29, 1.82) is 0 Å². The number of hydrogen-bond donors (Lipinski definition) is 1. The summed E-state index contributed by atoms with van der Waals surface area (Å²) in [7, 11) is 0. The molecular formula is C17H28BrNO2. The molecule has 0 bridgehead atoms. The van der Waals surface area contributed by atoms with Crippen molar-refractivity contribution in [2.75, 3.05) is 19.8 Å². The second-order valence-corrected chi connectivity index (χ2v) is 5.92. The van der Waals surface area contributed by atoms with Crippen LogP contribution in [0.15, 0.2) is 16.6 Å². The van der Waals surface area contributed by atoms with Gasteiger partial charge in [-0.15, -0.1) is 0 Å². The Labute approximate surface area is 137 Å². The minimum Gasteiger partial charge on any atom is -0.490 e. The highest BCUT2D eigenvalue weighted by molar-refractivity contribution is 9.10. The van der Waals surface area contributed by atoms with Crippen LogP contribution in [-0.4, -0.2) is 19.8 Å². The monoisotopic (exact) mass is 357 g/mol. The molecule has 0 aromatic heterocycles. The third-order valence-electron chi connectivity index (χ3n) is 3.12. The van der Waals surface area contributed by atoms with Crippen LogP contribution in [0.1, 0.15) is 52.0 Å². The van der Waals surface area contributed by atoms with Gasteiger partial charge in [0.15, 0.2) is 11.5 Å². The zero-order valence-electron chi connectivity index (χ0n) is 13.5. The van der Waals surface area contributed by atoms with Gasteiger partial charge < -0.3 is 14.8 Å². The maximum absolute atomic E-state index is 5.91. The first kappa shape index (κ1) is 18.3. The van der Waals surface area contributed by atoms with E-state index in [0.29, 0.717) is 6.61 Å². The standard InChI is InChI=1S/C17H28BrNO2/c1-4-7-8-10-21-17-15(18)11-14(13-19-9-5-2)12-16(17)20-6-3/h11-12,19H,4-10,13H2,1-3H3. The van der Waals surface area contributed by atoms with Crippen molar-refractivity contribution in [2.24, 2.45) is 0 Å². The van der Waals surface area contributed by atoms with Crippen LogP contribution in [0.25, 0.3) is 0 Å². The summed E-state index contributed by atoms with van der Waals surface area (Å²) in [5.74, 6) is 1.66. The smallest absolute Gasteiger partial charge is 0.175 e. The van der Waals surface area contributed by atoms with Crippen LogP contribution in [0, 0.1) is 0 Å². The highest BCUT2D eigenvalue weighted by atomic mass is 79.9. The third-order valence-corrected chi connectivity index (χ3v) is 3.71. The maximum atomic E-state index is 5.91. The fourth-order valence-corrected chi connectivity index (χ4v) is 2.67. The lowest BCUT2D eigenvalue weighted by atomic mass is 10.2. The fraction of sp³-hybridized carbons (Fsp3) is 0.647. The van der Waals surface area contributed by atoms with E-state index in [1.807, 2.05) is 6.92 Å². The van der Waals surface area contributed by atoms with Gasteiger partial charge in [-0.3, -0.25) is 0 Å². The number of ether oxygens (including phenoxy) is 2. The van der Waals surface area contributed by atoms with Gasteiger partial charge in [-0.05, 0) is 59.9 Å². The Bertz CT molecular complexity index is 410. The van der Waals surface area contributed by atoms with E-state index < -0.39 is 0 Å². The van der Waals surface area contributed by atoms with Crippen molar-refractivity contribution in [3.05, 3.63) is 22.2 Å². The molecule has 0 heterocycles. The van der Waals surface area contributed by atoms with Crippen molar-refractivity contribution < 1.29 is 9.47 Å². The summed E-state index contributed by atoms with van der Waals surface area (Å²) in [6.45, 7) is 9.61. The lowest BCUT2D eigenvalue weighted by Gasteiger charge is -2.15. The van der Waals surface area contributed by atoms with E-state index in [1.54, 1.807) is 0 Å². The molecule has 4 heteroatoms. The van der Waals surface area contributed by atoms with Crippen molar-refractivity contribution in [2.45, 2.75) is 53.0 Å². The molecule has 1 aromatic carbocycles. The van der Waals surface area contributed by atoms with Gasteiger partial charge in [0, 0.05) is 6.54 Å². The van der Waals surface area contributed by atoms with Crippen molar-refractivity contribution in [3.63, 3.8) is 0 Å². The summed E-state index contributed by atoms with van der Waals surface area (Å²) in [5.41, 5.74) is 1.21. The summed E-state index contributed by atoms with van der Waals surface area (Å²) in [4.78, 5) is 0. The molecule has 0 atom stereocenters. The summed E-state index contributed by atoms with van der Waals surface area (Å²) >= 11 is 3.61. The van der Waals surface area contributed by atoms with Gasteiger partial charge >= 0.3 is 0 Å². The average molecular weight is 358 g/mol. The predicted octanol–water partition coefficient (Wildman–Crippen LogP) is 4.92. The molecule has 0 unspecified atom stereocenters. The van der Waals surface area contributed by atoms with Crippen LogP contribution in [0.4, 0.5) is 0 Å². The van der Waals surface area contributed by atoms with E-state index in [0.717, 1.165) is 48.5 Å². The Balaban J connectivity index is 2.75. The van der Waals surface area contributed by atoms with Crippen molar-refractivity contribution in [1.82, 2.24) is 5.32 Å². The van der Waals surface area contributed by atoms with E-state index in [9.17, 15) is 0 Å². The minimum absolute atomic E-state index is 0.642. The molecule has 1 rings (SSSR count). The normalized spacial score (nSPS) is 10.7.